The average Bonchev–Trinajstić information content (AvgIpc) is 2.96. The van der Waals surface area contributed by atoms with Gasteiger partial charge in [0.1, 0.15) is 18.1 Å². The van der Waals surface area contributed by atoms with Crippen molar-refractivity contribution in [3.05, 3.63) is 30.2 Å². The van der Waals surface area contributed by atoms with Crippen LogP contribution in [-0.4, -0.2) is 96.7 Å². The summed E-state index contributed by atoms with van der Waals surface area (Å²) in [6, 6.07) is -1.59. The summed E-state index contributed by atoms with van der Waals surface area (Å²) in [5.41, 5.74) is 2.99. The fourth-order valence-electron chi connectivity index (χ4n) is 4.08. The number of ether oxygens (including phenoxy) is 3. The van der Waals surface area contributed by atoms with Crippen molar-refractivity contribution < 1.29 is 28.6 Å². The molecule has 0 fully saturated rings. The van der Waals surface area contributed by atoms with E-state index in [1.54, 1.807) is 0 Å². The lowest BCUT2D eigenvalue weighted by atomic mass is 10.2. The second-order valence-electron chi connectivity index (χ2n) is 10.9. The summed E-state index contributed by atoms with van der Waals surface area (Å²) in [6.45, 7) is 22.7. The number of nitrogens with one attached hydrogen (secondary N) is 4. The van der Waals surface area contributed by atoms with Gasteiger partial charge in [0.05, 0.1) is 27.9 Å². The van der Waals surface area contributed by atoms with Gasteiger partial charge in [-0.1, -0.05) is 66.1 Å². The maximum absolute atomic E-state index is 13.4. The lowest BCUT2D eigenvalue weighted by Gasteiger charge is -2.26. The molecule has 0 bridgehead atoms. The molecule has 4 N–H and O–H groups in total. The highest BCUT2D eigenvalue weighted by molar-refractivity contribution is 6.84. The van der Waals surface area contributed by atoms with Crippen LogP contribution in [0.3, 0.4) is 0 Å². The Hall–Kier alpha value is -2.27. The van der Waals surface area contributed by atoms with Gasteiger partial charge in [0.25, 0.3) is 0 Å². The van der Waals surface area contributed by atoms with E-state index >= 15 is 0 Å². The minimum atomic E-state index is -1.75. The quantitative estimate of drug-likeness (QED) is 0.0513. The van der Waals surface area contributed by atoms with Crippen LogP contribution in [0.1, 0.15) is 59.8 Å². The number of rotatable bonds is 26. The average molecular weight is 611 g/mol. The Morgan fingerprint density at radius 2 is 1.24 bits per heavy atom. The van der Waals surface area contributed by atoms with E-state index in [1.807, 2.05) is 33.8 Å². The van der Waals surface area contributed by atoms with E-state index in [1.165, 1.54) is 0 Å². The third-order valence-corrected chi connectivity index (χ3v) is 9.97. The molecule has 11 heteroatoms. The number of carbonyl (C=O) groups is 3. The Bertz CT molecular complexity index is 847. The van der Waals surface area contributed by atoms with Gasteiger partial charge in [-0.15, -0.1) is 5.73 Å². The van der Waals surface area contributed by atoms with Crippen LogP contribution in [0.25, 0.3) is 0 Å². The first-order chi connectivity index (χ1) is 20.1. The number of hydrogen-bond donors (Lipinski definition) is 4. The summed E-state index contributed by atoms with van der Waals surface area (Å²) >= 11 is 0. The third kappa shape index (κ3) is 17.0. The van der Waals surface area contributed by atoms with Gasteiger partial charge in [0, 0.05) is 26.4 Å². The maximum atomic E-state index is 13.4. The van der Waals surface area contributed by atoms with Gasteiger partial charge in [0.2, 0.25) is 17.7 Å². The normalized spacial score (nSPS) is 13.4. The zero-order chi connectivity index (χ0) is 31.8. The molecule has 3 unspecified atom stereocenters. The monoisotopic (exact) mass is 610 g/mol. The third-order valence-electron chi connectivity index (χ3n) is 6.52. The van der Waals surface area contributed by atoms with Crippen LogP contribution in [0.5, 0.6) is 0 Å². The zero-order valence-electron chi connectivity index (χ0n) is 27.1. The van der Waals surface area contributed by atoms with Crippen molar-refractivity contribution in [2.24, 2.45) is 0 Å². The van der Waals surface area contributed by atoms with Crippen LogP contribution < -0.4 is 21.3 Å². The van der Waals surface area contributed by atoms with Gasteiger partial charge in [-0.2, -0.15) is 0 Å². The largest absolute Gasteiger partial charge is 0.379 e. The van der Waals surface area contributed by atoms with E-state index < -0.39 is 32.1 Å². The second-order valence-corrected chi connectivity index (χ2v) is 15.7. The Morgan fingerprint density at radius 3 is 1.69 bits per heavy atom. The van der Waals surface area contributed by atoms with Crippen LogP contribution in [0, 0.1) is 0 Å². The van der Waals surface area contributed by atoms with E-state index in [9.17, 15) is 14.4 Å². The van der Waals surface area contributed by atoms with E-state index in [-0.39, 0.29) is 31.6 Å². The molecular formula is C31H58N4O6Si. The first-order valence-electron chi connectivity index (χ1n) is 15.5. The maximum Gasteiger partial charge on any atom is 0.245 e. The molecule has 10 nitrogen and oxygen atoms in total. The number of carbonyl (C=O) groups excluding carboxylic acids is 3. The highest BCUT2D eigenvalue weighted by Gasteiger charge is 2.30. The van der Waals surface area contributed by atoms with Crippen LogP contribution in [0.4, 0.5) is 0 Å². The predicted octanol–water partition coefficient (Wildman–Crippen LogP) is 3.26. The van der Waals surface area contributed by atoms with Crippen molar-refractivity contribution in [3.8, 4) is 0 Å². The molecule has 3 amide bonds. The molecule has 3 atom stereocenters. The standard InChI is InChI=1S/C31H58N4O6Si/c1-9-16-32-26(22-39-18-10-2)30(37)35-28(24-41-20-12-4)31(38)34-27(23-40-19-11-3)29(36)33-17-15-21-42(7,8)25(13-5)14-6/h13,26-28,32H,5-6,9-12,15-24H2,1-4,7-8H3,(H,33,36)(H,34,38)(H,35,37). The first-order valence-corrected chi connectivity index (χ1v) is 18.7. The molecule has 0 radical (unpaired) electrons. The van der Waals surface area contributed by atoms with Gasteiger partial charge in [-0.25, -0.2) is 0 Å². The molecule has 0 aliphatic carbocycles. The fourth-order valence-corrected chi connectivity index (χ4v) is 6.44. The van der Waals surface area contributed by atoms with E-state index in [4.69, 9.17) is 14.2 Å². The lowest BCUT2D eigenvalue weighted by molar-refractivity contribution is -0.135. The van der Waals surface area contributed by atoms with Crippen LogP contribution >= 0.6 is 0 Å². The Kier molecular flexibility index (Phi) is 22.9. The summed E-state index contributed by atoms with van der Waals surface area (Å²) < 4.78 is 16.9. The Balaban J connectivity index is 5.48. The van der Waals surface area contributed by atoms with Crippen molar-refractivity contribution in [1.82, 2.24) is 21.3 Å². The Labute approximate surface area is 255 Å². The molecule has 0 heterocycles. The molecule has 0 aliphatic rings. The van der Waals surface area contributed by atoms with Gasteiger partial charge >= 0.3 is 0 Å². The molecule has 0 spiro atoms. The van der Waals surface area contributed by atoms with Crippen molar-refractivity contribution in [2.75, 3.05) is 52.7 Å². The molecule has 0 saturated carbocycles. The van der Waals surface area contributed by atoms with E-state index in [2.05, 4.69) is 53.3 Å². The number of allylic oxidation sites excluding steroid dienone is 2. The molecule has 0 aliphatic heterocycles. The summed E-state index contributed by atoms with van der Waals surface area (Å²) in [6.07, 6.45) is 5.81. The summed E-state index contributed by atoms with van der Waals surface area (Å²) in [4.78, 5) is 39.7. The molecule has 0 saturated heterocycles. The van der Waals surface area contributed by atoms with E-state index in [0.29, 0.717) is 32.9 Å². The second kappa shape index (κ2) is 24.2. The molecular weight excluding hydrogens is 552 g/mol. The van der Waals surface area contributed by atoms with Crippen LogP contribution in [0.15, 0.2) is 30.2 Å². The minimum Gasteiger partial charge on any atom is -0.379 e. The molecule has 0 aromatic carbocycles. The predicted molar refractivity (Wildman–Crippen MR) is 172 cm³/mol. The minimum absolute atomic E-state index is 0.0198. The van der Waals surface area contributed by atoms with Gasteiger partial charge < -0.3 is 35.5 Å². The van der Waals surface area contributed by atoms with Crippen molar-refractivity contribution in [2.45, 2.75) is 97.1 Å². The molecule has 42 heavy (non-hydrogen) atoms. The fraction of sp³-hybridized carbons (Fsp3) is 0.742. The van der Waals surface area contributed by atoms with Gasteiger partial charge in [-0.05, 0) is 43.8 Å². The molecule has 0 rings (SSSR count). The highest BCUT2D eigenvalue weighted by atomic mass is 28.3. The zero-order valence-corrected chi connectivity index (χ0v) is 28.1. The highest BCUT2D eigenvalue weighted by Crippen LogP contribution is 2.21. The summed E-state index contributed by atoms with van der Waals surface area (Å²) in [5, 5.41) is 12.8. The molecule has 0 aromatic rings. The van der Waals surface area contributed by atoms with Crippen molar-refractivity contribution in [3.63, 3.8) is 0 Å². The summed E-state index contributed by atoms with van der Waals surface area (Å²) in [5.74, 6) is -1.21. The van der Waals surface area contributed by atoms with Crippen LogP contribution in [0.2, 0.25) is 19.1 Å². The number of hydrogen-bond acceptors (Lipinski definition) is 7. The SMILES string of the molecule is C=C=C(C=C)[Si](C)(C)CCCNC(=O)C(COCCC)NC(=O)C(COCCC)NC(=O)C(COCCC)NCCC. The molecule has 242 valence electrons. The van der Waals surface area contributed by atoms with Crippen LogP contribution in [-0.2, 0) is 28.6 Å². The first kappa shape index (κ1) is 39.7. The topological polar surface area (TPSA) is 127 Å². The van der Waals surface area contributed by atoms with Crippen molar-refractivity contribution in [1.29, 1.82) is 0 Å². The Morgan fingerprint density at radius 1 is 0.762 bits per heavy atom. The lowest BCUT2D eigenvalue weighted by Crippen LogP contribution is -2.59. The van der Waals surface area contributed by atoms with Gasteiger partial charge in [-0.3, -0.25) is 14.4 Å². The van der Waals surface area contributed by atoms with Crippen molar-refractivity contribution >= 4 is 25.8 Å². The van der Waals surface area contributed by atoms with Gasteiger partial charge in [0.15, 0.2) is 0 Å². The summed E-state index contributed by atoms with van der Waals surface area (Å²) in [7, 11) is -1.75. The molecule has 0 aromatic heterocycles. The smallest absolute Gasteiger partial charge is 0.245 e. The van der Waals surface area contributed by atoms with E-state index in [0.717, 1.165) is 43.3 Å². The number of amides is 3.